The van der Waals surface area contributed by atoms with E-state index in [1.54, 1.807) is 0 Å². The molecule has 9 heavy (non-hydrogen) atoms. The van der Waals surface area contributed by atoms with E-state index in [0.717, 1.165) is 0 Å². The first-order valence-corrected chi connectivity index (χ1v) is 4.67. The standard InChI is InChI=1S/C7H12ClI/c1-6(2,3)5-4-7(5,8)9/h5H,4H2,1-3H3/t5-,7?/m1/s1. The molecular formula is C7H12ClI. The highest BCUT2D eigenvalue weighted by Crippen LogP contribution is 2.62. The lowest BCUT2D eigenvalue weighted by Crippen LogP contribution is -2.11. The van der Waals surface area contributed by atoms with Crippen molar-refractivity contribution < 1.29 is 0 Å². The third-order valence-electron chi connectivity index (χ3n) is 1.87. The molecule has 1 aliphatic rings. The minimum atomic E-state index is 0.0933. The second-order valence-corrected chi connectivity index (χ2v) is 7.12. The van der Waals surface area contributed by atoms with Crippen LogP contribution in [0.2, 0.25) is 0 Å². The second-order valence-electron chi connectivity index (χ2n) is 3.88. The van der Waals surface area contributed by atoms with Crippen LogP contribution in [-0.2, 0) is 0 Å². The largest absolute Gasteiger partial charge is 0.107 e. The molecule has 0 aliphatic heterocycles. The predicted octanol–water partition coefficient (Wildman–Crippen LogP) is 3.42. The summed E-state index contributed by atoms with van der Waals surface area (Å²) >= 11 is 8.42. The lowest BCUT2D eigenvalue weighted by atomic mass is 9.90. The van der Waals surface area contributed by atoms with Crippen LogP contribution in [-0.4, -0.2) is 2.88 Å². The van der Waals surface area contributed by atoms with E-state index in [1.165, 1.54) is 6.42 Å². The average molecular weight is 259 g/mol. The molecule has 0 radical (unpaired) electrons. The van der Waals surface area contributed by atoms with E-state index in [-0.39, 0.29) is 2.88 Å². The molecule has 1 aliphatic carbocycles. The smallest absolute Gasteiger partial charge is 0.0994 e. The number of hydrogen-bond acceptors (Lipinski definition) is 0. The Bertz CT molecular complexity index is 123. The second kappa shape index (κ2) is 2.00. The van der Waals surface area contributed by atoms with Crippen molar-refractivity contribution in [3.05, 3.63) is 0 Å². The van der Waals surface area contributed by atoms with Gasteiger partial charge in [0, 0.05) is 0 Å². The summed E-state index contributed by atoms with van der Waals surface area (Å²) in [6, 6.07) is 0. The van der Waals surface area contributed by atoms with Crippen molar-refractivity contribution in [3.8, 4) is 0 Å². The summed E-state index contributed by atoms with van der Waals surface area (Å²) in [7, 11) is 0. The van der Waals surface area contributed by atoms with Crippen LogP contribution in [0.4, 0.5) is 0 Å². The molecule has 0 aromatic carbocycles. The molecule has 1 saturated carbocycles. The molecule has 0 aromatic heterocycles. The number of hydrogen-bond donors (Lipinski definition) is 0. The number of alkyl halides is 2. The third-order valence-corrected chi connectivity index (χ3v) is 3.48. The van der Waals surface area contributed by atoms with Crippen molar-refractivity contribution >= 4 is 34.2 Å². The van der Waals surface area contributed by atoms with Crippen molar-refractivity contribution in [1.82, 2.24) is 0 Å². The molecule has 2 heteroatoms. The fourth-order valence-corrected chi connectivity index (χ4v) is 3.01. The van der Waals surface area contributed by atoms with E-state index >= 15 is 0 Å². The molecule has 1 rings (SSSR count). The predicted molar refractivity (Wildman–Crippen MR) is 50.2 cm³/mol. The first-order chi connectivity index (χ1) is 3.84. The Hall–Kier alpha value is 1.02. The zero-order valence-corrected chi connectivity index (χ0v) is 8.95. The third kappa shape index (κ3) is 1.73. The minimum Gasteiger partial charge on any atom is -0.107 e. The van der Waals surface area contributed by atoms with Crippen LogP contribution in [0, 0.1) is 11.3 Å². The van der Waals surface area contributed by atoms with Crippen LogP contribution >= 0.6 is 34.2 Å². The zero-order valence-electron chi connectivity index (χ0n) is 6.04. The monoisotopic (exact) mass is 258 g/mol. The van der Waals surface area contributed by atoms with Crippen molar-refractivity contribution in [2.45, 2.75) is 30.1 Å². The Morgan fingerprint density at radius 3 is 1.89 bits per heavy atom. The lowest BCUT2D eigenvalue weighted by Gasteiger charge is -2.18. The van der Waals surface area contributed by atoms with E-state index in [9.17, 15) is 0 Å². The molecule has 1 unspecified atom stereocenters. The maximum atomic E-state index is 6.08. The van der Waals surface area contributed by atoms with Gasteiger partial charge in [0.1, 0.15) is 0 Å². The molecular weight excluding hydrogens is 246 g/mol. The van der Waals surface area contributed by atoms with Crippen molar-refractivity contribution in [3.63, 3.8) is 0 Å². The van der Waals surface area contributed by atoms with Crippen LogP contribution < -0.4 is 0 Å². The molecule has 0 heterocycles. The van der Waals surface area contributed by atoms with Crippen LogP contribution in [0.25, 0.3) is 0 Å². The van der Waals surface area contributed by atoms with E-state index in [1.807, 2.05) is 0 Å². The molecule has 1 fully saturated rings. The van der Waals surface area contributed by atoms with Crippen molar-refractivity contribution in [2.75, 3.05) is 0 Å². The van der Waals surface area contributed by atoms with Crippen molar-refractivity contribution in [2.24, 2.45) is 11.3 Å². The van der Waals surface area contributed by atoms with Gasteiger partial charge in [0.25, 0.3) is 0 Å². The molecule has 54 valence electrons. The highest BCUT2D eigenvalue weighted by Gasteiger charge is 2.56. The van der Waals surface area contributed by atoms with Gasteiger partial charge < -0.3 is 0 Å². The van der Waals surface area contributed by atoms with Crippen LogP contribution in [0.15, 0.2) is 0 Å². The summed E-state index contributed by atoms with van der Waals surface area (Å²) < 4.78 is 0.0933. The van der Waals surface area contributed by atoms with E-state index in [4.69, 9.17) is 11.6 Å². The number of rotatable bonds is 0. The van der Waals surface area contributed by atoms with Gasteiger partial charge in [0.2, 0.25) is 0 Å². The van der Waals surface area contributed by atoms with E-state index in [0.29, 0.717) is 11.3 Å². The Kier molecular flexibility index (Phi) is 1.81. The van der Waals surface area contributed by atoms with Gasteiger partial charge in [0.15, 0.2) is 0 Å². The van der Waals surface area contributed by atoms with Crippen LogP contribution in [0.5, 0.6) is 0 Å². The molecule has 0 spiro atoms. The quantitative estimate of drug-likeness (QED) is 0.461. The highest BCUT2D eigenvalue weighted by molar-refractivity contribution is 14.1. The SMILES string of the molecule is CC(C)(C)[C@H]1CC1(Cl)I. The molecule has 0 amide bonds. The van der Waals surface area contributed by atoms with Gasteiger partial charge in [-0.2, -0.15) is 0 Å². The van der Waals surface area contributed by atoms with Gasteiger partial charge in [-0.05, 0) is 17.8 Å². The molecule has 0 aromatic rings. The molecule has 0 N–H and O–H groups in total. The first-order valence-electron chi connectivity index (χ1n) is 3.22. The van der Waals surface area contributed by atoms with Crippen LogP contribution in [0.1, 0.15) is 27.2 Å². The van der Waals surface area contributed by atoms with Crippen LogP contribution in [0.3, 0.4) is 0 Å². The summed E-state index contributed by atoms with van der Waals surface area (Å²) in [5.41, 5.74) is 0.406. The summed E-state index contributed by atoms with van der Waals surface area (Å²) in [4.78, 5) is 0. The Morgan fingerprint density at radius 2 is 1.89 bits per heavy atom. The fraction of sp³-hybridized carbons (Fsp3) is 1.00. The van der Waals surface area contributed by atoms with Gasteiger partial charge in [-0.15, -0.1) is 11.6 Å². The van der Waals surface area contributed by atoms with Crippen molar-refractivity contribution in [1.29, 1.82) is 0 Å². The summed E-state index contributed by atoms with van der Waals surface area (Å²) in [5.74, 6) is 0.715. The topological polar surface area (TPSA) is 0 Å². The Labute approximate surface area is 75.5 Å². The average Bonchev–Trinajstić information content (AvgIpc) is 2.10. The normalized spacial score (nSPS) is 43.0. The molecule has 0 nitrogen and oxygen atoms in total. The summed E-state index contributed by atoms with van der Waals surface area (Å²) in [5, 5.41) is 0. The lowest BCUT2D eigenvalue weighted by molar-refractivity contribution is 0.350. The maximum Gasteiger partial charge on any atom is 0.0994 e. The van der Waals surface area contributed by atoms with Gasteiger partial charge in [-0.3, -0.25) is 0 Å². The fourth-order valence-electron chi connectivity index (χ4n) is 1.15. The number of halogens is 2. The maximum absolute atomic E-state index is 6.08. The van der Waals surface area contributed by atoms with Gasteiger partial charge >= 0.3 is 0 Å². The molecule has 0 bridgehead atoms. The zero-order chi connectivity index (χ0) is 7.28. The Morgan fingerprint density at radius 1 is 1.56 bits per heavy atom. The summed E-state index contributed by atoms with van der Waals surface area (Å²) in [6.45, 7) is 6.75. The van der Waals surface area contributed by atoms with Gasteiger partial charge in [-0.1, -0.05) is 43.4 Å². The molecule has 0 saturated heterocycles. The first kappa shape index (κ1) is 8.12. The molecule has 2 atom stereocenters. The van der Waals surface area contributed by atoms with Gasteiger partial charge in [-0.25, -0.2) is 0 Å². The summed E-state index contributed by atoms with van der Waals surface area (Å²) in [6.07, 6.45) is 1.18. The van der Waals surface area contributed by atoms with Gasteiger partial charge in [0.05, 0.1) is 2.88 Å². The highest BCUT2D eigenvalue weighted by atomic mass is 127. The minimum absolute atomic E-state index is 0.0933. The van der Waals surface area contributed by atoms with E-state index in [2.05, 4.69) is 43.4 Å². The Balaban J connectivity index is 2.52. The van der Waals surface area contributed by atoms with E-state index < -0.39 is 0 Å².